The maximum absolute atomic E-state index is 10.6. The van der Waals surface area contributed by atoms with Crippen LogP contribution in [0.5, 0.6) is 23.0 Å². The molecule has 0 radical (unpaired) electrons. The number of aliphatic hydroxyl groups is 2. The Morgan fingerprint density at radius 1 is 0.375 bits per heavy atom. The van der Waals surface area contributed by atoms with E-state index in [9.17, 15) is 10.2 Å². The summed E-state index contributed by atoms with van der Waals surface area (Å²) in [5.74, 6) is 3.05. The molecule has 4 aromatic carbocycles. The van der Waals surface area contributed by atoms with Gasteiger partial charge in [-0.05, 0) is 108 Å². The van der Waals surface area contributed by atoms with Crippen LogP contribution < -0.4 is 18.9 Å². The highest BCUT2D eigenvalue weighted by Crippen LogP contribution is 2.40. The van der Waals surface area contributed by atoms with Crippen LogP contribution in [0.4, 0.5) is 0 Å². The molecule has 1 aliphatic carbocycles. The molecule has 0 atom stereocenters. The number of fused-ring (bicyclic) bond motifs is 8. The number of benzene rings is 4. The van der Waals surface area contributed by atoms with Crippen LogP contribution in [0.2, 0.25) is 0 Å². The zero-order valence-electron chi connectivity index (χ0n) is 33.7. The van der Waals surface area contributed by atoms with Crippen molar-refractivity contribution in [1.82, 2.24) is 0 Å². The van der Waals surface area contributed by atoms with Crippen LogP contribution in [-0.4, -0.2) is 89.5 Å². The van der Waals surface area contributed by atoms with Gasteiger partial charge in [0.2, 0.25) is 0 Å². The lowest BCUT2D eigenvalue weighted by Crippen LogP contribution is -2.14. The first kappa shape index (κ1) is 43.0. The SMILES string of the molecule is CCOCCOc1c2cccc1Cc1cc(CO)cc(c1OCCOCC)Cc1cccc(c1OCCOCC)Cc1cc(CO)cc(c1OCCOCC)C2. The molecule has 0 unspecified atom stereocenters. The Kier molecular flexibility index (Phi) is 17.8. The third-order valence-electron chi connectivity index (χ3n) is 9.56. The Bertz CT molecular complexity index is 1580. The number of hydrogen-bond acceptors (Lipinski definition) is 10. The smallest absolute Gasteiger partial charge is 0.126 e. The normalized spacial score (nSPS) is 12.4. The minimum atomic E-state index is -0.122. The van der Waals surface area contributed by atoms with Crippen LogP contribution in [0.25, 0.3) is 0 Å². The largest absolute Gasteiger partial charge is 0.491 e. The van der Waals surface area contributed by atoms with E-state index in [0.29, 0.717) is 105 Å². The molecule has 0 aromatic heterocycles. The van der Waals surface area contributed by atoms with E-state index in [1.165, 1.54) is 0 Å². The summed E-state index contributed by atoms with van der Waals surface area (Å²) in [5.41, 5.74) is 9.20. The topological polar surface area (TPSA) is 114 Å². The van der Waals surface area contributed by atoms with Crippen molar-refractivity contribution in [3.8, 4) is 23.0 Å². The van der Waals surface area contributed by atoms with E-state index in [4.69, 9.17) is 37.9 Å². The summed E-state index contributed by atoms with van der Waals surface area (Å²) in [6.07, 6.45) is 1.94. The Hall–Kier alpha value is -4.16. The first-order valence-corrected chi connectivity index (χ1v) is 20.1. The van der Waals surface area contributed by atoms with Gasteiger partial charge in [0.1, 0.15) is 49.4 Å². The Morgan fingerprint density at radius 3 is 0.857 bits per heavy atom. The molecule has 0 amide bonds. The van der Waals surface area contributed by atoms with Crippen molar-refractivity contribution >= 4 is 0 Å². The van der Waals surface area contributed by atoms with Crippen LogP contribution in [-0.2, 0) is 57.8 Å². The van der Waals surface area contributed by atoms with Gasteiger partial charge in [0.15, 0.2) is 0 Å². The number of ether oxygens (including phenoxy) is 8. The molecule has 10 heteroatoms. The standard InChI is InChI=1S/C46H60O10/c1-5-49-15-19-53-43-35-11-9-12-36(43)28-40-24-34(32-48)26-42(46(40)56-22-18-52-8-4)30-38-14-10-13-37(44(38)54-20-16-50-6-2)29-41-25-33(31-47)23-39(27-35)45(41)55-21-17-51-7-3/h9-14,23-26,47-48H,5-8,15-22,27-32H2,1-4H3. The fraction of sp³-hybridized carbons (Fsp3) is 0.478. The minimum absolute atomic E-state index is 0.122. The van der Waals surface area contributed by atoms with Gasteiger partial charge in [-0.25, -0.2) is 0 Å². The van der Waals surface area contributed by atoms with Crippen LogP contribution >= 0.6 is 0 Å². The Labute approximate surface area is 332 Å². The average Bonchev–Trinajstić information content (AvgIpc) is 3.20. The van der Waals surface area contributed by atoms with E-state index in [2.05, 4.69) is 36.4 Å². The lowest BCUT2D eigenvalue weighted by Gasteiger charge is -2.24. The van der Waals surface area contributed by atoms with Crippen LogP contribution in [0, 0.1) is 0 Å². The van der Waals surface area contributed by atoms with Gasteiger partial charge in [-0.3, -0.25) is 0 Å². The van der Waals surface area contributed by atoms with Crippen molar-refractivity contribution in [2.24, 2.45) is 0 Å². The minimum Gasteiger partial charge on any atom is -0.491 e. The maximum atomic E-state index is 10.6. The van der Waals surface area contributed by atoms with Gasteiger partial charge >= 0.3 is 0 Å². The summed E-state index contributed by atoms with van der Waals surface area (Å²) in [6.45, 7) is 13.3. The predicted molar refractivity (Wildman–Crippen MR) is 217 cm³/mol. The molecule has 8 bridgehead atoms. The second kappa shape index (κ2) is 23.2. The van der Waals surface area contributed by atoms with Gasteiger partial charge in [-0.15, -0.1) is 0 Å². The van der Waals surface area contributed by atoms with Crippen molar-refractivity contribution in [3.05, 3.63) is 116 Å². The zero-order chi connectivity index (χ0) is 39.5. The highest BCUT2D eigenvalue weighted by atomic mass is 16.5. The average molecular weight is 773 g/mol. The van der Waals surface area contributed by atoms with Crippen LogP contribution in [0.1, 0.15) is 83.3 Å². The third kappa shape index (κ3) is 11.9. The van der Waals surface area contributed by atoms with E-state index in [1.807, 2.05) is 52.0 Å². The van der Waals surface area contributed by atoms with E-state index in [1.54, 1.807) is 0 Å². The summed E-state index contributed by atoms with van der Waals surface area (Å²) in [6, 6.07) is 20.5. The molecule has 0 spiro atoms. The molecule has 0 fully saturated rings. The van der Waals surface area contributed by atoms with Gasteiger partial charge in [0.05, 0.1) is 39.6 Å². The fourth-order valence-corrected chi connectivity index (χ4v) is 7.14. The highest BCUT2D eigenvalue weighted by molar-refractivity contribution is 5.57. The number of aliphatic hydroxyl groups excluding tert-OH is 2. The van der Waals surface area contributed by atoms with Crippen molar-refractivity contribution in [2.45, 2.75) is 66.6 Å². The van der Waals surface area contributed by atoms with E-state index >= 15 is 0 Å². The lowest BCUT2D eigenvalue weighted by atomic mass is 9.89. The molecule has 304 valence electrons. The van der Waals surface area contributed by atoms with Crippen molar-refractivity contribution < 1.29 is 48.1 Å². The number of para-hydroxylation sites is 2. The molecule has 0 saturated heterocycles. The van der Waals surface area contributed by atoms with E-state index in [-0.39, 0.29) is 13.2 Å². The van der Waals surface area contributed by atoms with Crippen LogP contribution in [0.3, 0.4) is 0 Å². The summed E-state index contributed by atoms with van der Waals surface area (Å²) in [7, 11) is 0. The summed E-state index contributed by atoms with van der Waals surface area (Å²) in [4.78, 5) is 0. The van der Waals surface area contributed by atoms with Crippen LogP contribution in [0.15, 0.2) is 60.7 Å². The molecular weight excluding hydrogens is 712 g/mol. The van der Waals surface area contributed by atoms with E-state index < -0.39 is 0 Å². The van der Waals surface area contributed by atoms with Gasteiger partial charge in [-0.2, -0.15) is 0 Å². The van der Waals surface area contributed by atoms with Gasteiger partial charge in [0.25, 0.3) is 0 Å². The fourth-order valence-electron chi connectivity index (χ4n) is 7.14. The molecule has 10 nitrogen and oxygen atoms in total. The monoisotopic (exact) mass is 772 g/mol. The highest BCUT2D eigenvalue weighted by Gasteiger charge is 2.23. The molecule has 0 heterocycles. The van der Waals surface area contributed by atoms with E-state index in [0.717, 1.165) is 78.6 Å². The third-order valence-corrected chi connectivity index (χ3v) is 9.56. The summed E-state index contributed by atoms with van der Waals surface area (Å²) >= 11 is 0. The Morgan fingerprint density at radius 2 is 0.625 bits per heavy atom. The molecule has 4 aromatic rings. The second-order valence-electron chi connectivity index (χ2n) is 13.5. The van der Waals surface area contributed by atoms with Gasteiger partial charge in [-0.1, -0.05) is 36.4 Å². The number of rotatable bonds is 22. The van der Waals surface area contributed by atoms with Crippen molar-refractivity contribution in [2.75, 3.05) is 79.3 Å². The lowest BCUT2D eigenvalue weighted by molar-refractivity contribution is 0.108. The molecule has 5 rings (SSSR count). The first-order chi connectivity index (χ1) is 27.5. The van der Waals surface area contributed by atoms with Gasteiger partial charge < -0.3 is 48.1 Å². The molecule has 0 saturated carbocycles. The predicted octanol–water partition coefficient (Wildman–Crippen LogP) is 7.01. The summed E-state index contributed by atoms with van der Waals surface area (Å²) in [5, 5.41) is 21.1. The van der Waals surface area contributed by atoms with Crippen molar-refractivity contribution in [1.29, 1.82) is 0 Å². The molecule has 2 N–H and O–H groups in total. The zero-order valence-corrected chi connectivity index (χ0v) is 33.7. The van der Waals surface area contributed by atoms with Gasteiger partial charge in [0, 0.05) is 52.1 Å². The second-order valence-corrected chi connectivity index (χ2v) is 13.5. The molecule has 0 aliphatic heterocycles. The van der Waals surface area contributed by atoms with Crippen molar-refractivity contribution in [3.63, 3.8) is 0 Å². The maximum Gasteiger partial charge on any atom is 0.126 e. The molecular formula is C46H60O10. The Balaban J connectivity index is 1.75. The molecule has 56 heavy (non-hydrogen) atoms. The quantitative estimate of drug-likeness (QED) is 0.0713. The first-order valence-electron chi connectivity index (χ1n) is 20.1. The molecule has 1 aliphatic rings. The number of hydrogen-bond donors (Lipinski definition) is 2. The summed E-state index contributed by atoms with van der Waals surface area (Å²) < 4.78 is 49.2.